The van der Waals surface area contributed by atoms with Gasteiger partial charge in [-0.25, -0.2) is 0 Å². The van der Waals surface area contributed by atoms with Crippen molar-refractivity contribution in [1.82, 2.24) is 0 Å². The van der Waals surface area contributed by atoms with Crippen molar-refractivity contribution in [2.24, 2.45) is 0 Å². The molecule has 1 N–H and O–H groups in total. The maximum absolute atomic E-state index is 11.4. The van der Waals surface area contributed by atoms with Crippen LogP contribution in [0.2, 0.25) is 0 Å². The number of allylic oxidation sites excluding steroid dienone is 2. The zero-order chi connectivity index (χ0) is 14.9. The number of hydrogen-bond donors (Lipinski definition) is 1. The van der Waals surface area contributed by atoms with E-state index in [9.17, 15) is 4.79 Å². The van der Waals surface area contributed by atoms with E-state index in [-0.39, 0.29) is 5.78 Å². The highest BCUT2D eigenvalue weighted by atomic mass is 16.1. The van der Waals surface area contributed by atoms with Gasteiger partial charge in [0, 0.05) is 17.0 Å². The maximum atomic E-state index is 11.4. The topological polar surface area (TPSA) is 29.1 Å². The zero-order valence-corrected chi connectivity index (χ0v) is 13.4. The van der Waals surface area contributed by atoms with Crippen LogP contribution in [0.4, 0.5) is 5.69 Å². The molecular weight excluding hydrogens is 234 g/mol. The second-order valence-electron chi connectivity index (χ2n) is 5.43. The molecule has 2 nitrogen and oxygen atoms in total. The summed E-state index contributed by atoms with van der Waals surface area (Å²) in [6, 6.07) is 0. The van der Waals surface area contributed by atoms with Crippen molar-refractivity contribution in [3.63, 3.8) is 0 Å². The Morgan fingerprint density at radius 3 is 1.47 bits per heavy atom. The minimum absolute atomic E-state index is 0.112. The predicted octanol–water partition coefficient (Wildman–Crippen LogP) is 4.52. The van der Waals surface area contributed by atoms with E-state index < -0.39 is 0 Å². The smallest absolute Gasteiger partial charge is 0.157 e. The molecule has 0 bridgehead atoms. The lowest BCUT2D eigenvalue weighted by molar-refractivity contribution is -0.113. The molecule has 2 heteroatoms. The van der Waals surface area contributed by atoms with Gasteiger partial charge in [-0.15, -0.1) is 0 Å². The summed E-state index contributed by atoms with van der Waals surface area (Å²) in [5.74, 6) is 0.112. The van der Waals surface area contributed by atoms with Crippen LogP contribution >= 0.6 is 0 Å². The zero-order valence-electron chi connectivity index (χ0n) is 13.4. The van der Waals surface area contributed by atoms with E-state index in [2.05, 4.69) is 39.9 Å². The lowest BCUT2D eigenvalue weighted by atomic mass is 9.93. The van der Waals surface area contributed by atoms with E-state index in [0.29, 0.717) is 0 Å². The van der Waals surface area contributed by atoms with Gasteiger partial charge in [0.25, 0.3) is 0 Å². The van der Waals surface area contributed by atoms with Gasteiger partial charge >= 0.3 is 0 Å². The Labute approximate surface area is 116 Å². The predicted molar refractivity (Wildman–Crippen MR) is 82.8 cm³/mol. The first-order chi connectivity index (χ1) is 8.68. The largest absolute Gasteiger partial charge is 0.358 e. The van der Waals surface area contributed by atoms with Crippen LogP contribution in [0, 0.1) is 34.6 Å². The quantitative estimate of drug-likeness (QED) is 0.808. The second-order valence-corrected chi connectivity index (χ2v) is 5.43. The Kier molecular flexibility index (Phi) is 4.56. The van der Waals surface area contributed by atoms with Gasteiger partial charge in [0.2, 0.25) is 0 Å². The van der Waals surface area contributed by atoms with Crippen LogP contribution in [0.25, 0.3) is 0 Å². The highest BCUT2D eigenvalue weighted by molar-refractivity contribution is 5.94. The molecule has 0 aliphatic carbocycles. The summed E-state index contributed by atoms with van der Waals surface area (Å²) in [5.41, 5.74) is 9.37. The van der Waals surface area contributed by atoms with Crippen molar-refractivity contribution in [1.29, 1.82) is 0 Å². The van der Waals surface area contributed by atoms with Gasteiger partial charge in [-0.2, -0.15) is 0 Å². The van der Waals surface area contributed by atoms with Crippen molar-refractivity contribution in [3.05, 3.63) is 39.1 Å². The fourth-order valence-corrected chi connectivity index (χ4v) is 2.23. The number of carbonyl (C=O) groups excluding carboxylic acids is 1. The average Bonchev–Trinajstić information content (AvgIpc) is 2.37. The third kappa shape index (κ3) is 2.89. The molecule has 0 aromatic heterocycles. The number of ketones is 1. The molecule has 0 saturated carbocycles. The molecule has 1 rings (SSSR count). The lowest BCUT2D eigenvalue weighted by Crippen LogP contribution is -2.08. The molecule has 0 heterocycles. The van der Waals surface area contributed by atoms with Crippen molar-refractivity contribution in [3.8, 4) is 0 Å². The van der Waals surface area contributed by atoms with Crippen LogP contribution in [0.1, 0.15) is 48.6 Å². The fourth-order valence-electron chi connectivity index (χ4n) is 2.23. The molecule has 0 radical (unpaired) electrons. The highest BCUT2D eigenvalue weighted by Crippen LogP contribution is 2.31. The Bertz CT molecular complexity index is 536. The number of Topliss-reactive ketones (excluding diaryl/α,β-unsaturated/α-hetero) is 1. The molecule has 0 aliphatic heterocycles. The third-order valence-corrected chi connectivity index (χ3v) is 4.40. The molecule has 1 aromatic rings. The van der Waals surface area contributed by atoms with Crippen molar-refractivity contribution in [2.75, 3.05) is 5.32 Å². The van der Waals surface area contributed by atoms with Crippen LogP contribution in [-0.2, 0) is 4.79 Å². The summed E-state index contributed by atoms with van der Waals surface area (Å²) in [4.78, 5) is 11.4. The van der Waals surface area contributed by atoms with Crippen molar-refractivity contribution in [2.45, 2.75) is 55.4 Å². The molecular formula is C17H25NO. The molecule has 0 fully saturated rings. The standard InChI is InChI=1S/C17H25NO/c1-9-10(2)12(4)17(13(5)11(9)3)18-15(7)14(6)16(8)19/h18H,1-8H3/b15-14-. The van der Waals surface area contributed by atoms with Crippen molar-refractivity contribution < 1.29 is 4.79 Å². The fraction of sp³-hybridized carbons (Fsp3) is 0.471. The van der Waals surface area contributed by atoms with Crippen LogP contribution < -0.4 is 5.32 Å². The number of carbonyl (C=O) groups is 1. The first-order valence-electron chi connectivity index (χ1n) is 6.70. The molecule has 0 unspecified atom stereocenters. The minimum atomic E-state index is 0.112. The maximum Gasteiger partial charge on any atom is 0.157 e. The number of rotatable bonds is 3. The summed E-state index contributed by atoms with van der Waals surface area (Å²) in [6.07, 6.45) is 0. The molecule has 0 aliphatic rings. The van der Waals surface area contributed by atoms with E-state index in [4.69, 9.17) is 0 Å². The van der Waals surface area contributed by atoms with E-state index in [1.807, 2.05) is 13.8 Å². The third-order valence-electron chi connectivity index (χ3n) is 4.40. The Hall–Kier alpha value is -1.57. The Morgan fingerprint density at radius 2 is 1.11 bits per heavy atom. The Morgan fingerprint density at radius 1 is 0.737 bits per heavy atom. The van der Waals surface area contributed by atoms with Gasteiger partial charge in [-0.05, 0) is 83.2 Å². The molecule has 19 heavy (non-hydrogen) atoms. The van der Waals surface area contributed by atoms with Gasteiger partial charge in [0.15, 0.2) is 5.78 Å². The van der Waals surface area contributed by atoms with Crippen LogP contribution in [0.5, 0.6) is 0 Å². The average molecular weight is 259 g/mol. The van der Waals surface area contributed by atoms with Crippen LogP contribution in [-0.4, -0.2) is 5.78 Å². The summed E-state index contributed by atoms with van der Waals surface area (Å²) in [6.45, 7) is 16.2. The van der Waals surface area contributed by atoms with E-state index in [1.165, 1.54) is 27.8 Å². The summed E-state index contributed by atoms with van der Waals surface area (Å²) >= 11 is 0. The van der Waals surface area contributed by atoms with Gasteiger partial charge in [-0.1, -0.05) is 0 Å². The van der Waals surface area contributed by atoms with Gasteiger partial charge in [-0.3, -0.25) is 4.79 Å². The molecule has 0 atom stereocenters. The molecule has 0 spiro atoms. The van der Waals surface area contributed by atoms with E-state index >= 15 is 0 Å². The minimum Gasteiger partial charge on any atom is -0.358 e. The SMILES string of the molecule is CC(=O)/C(C)=C(/C)Nc1c(C)c(C)c(C)c(C)c1C. The van der Waals surface area contributed by atoms with Crippen LogP contribution in [0.15, 0.2) is 11.3 Å². The Balaban J connectivity index is 3.39. The van der Waals surface area contributed by atoms with Gasteiger partial charge in [0.1, 0.15) is 0 Å². The number of hydrogen-bond acceptors (Lipinski definition) is 2. The highest BCUT2D eigenvalue weighted by Gasteiger charge is 2.13. The molecule has 104 valence electrons. The molecule has 1 aromatic carbocycles. The lowest BCUT2D eigenvalue weighted by Gasteiger charge is -2.21. The van der Waals surface area contributed by atoms with Crippen LogP contribution in [0.3, 0.4) is 0 Å². The monoisotopic (exact) mass is 259 g/mol. The first-order valence-corrected chi connectivity index (χ1v) is 6.70. The van der Waals surface area contributed by atoms with E-state index in [1.54, 1.807) is 6.92 Å². The van der Waals surface area contributed by atoms with E-state index in [0.717, 1.165) is 17.0 Å². The normalized spacial score (nSPS) is 12.2. The van der Waals surface area contributed by atoms with Gasteiger partial charge in [0.05, 0.1) is 0 Å². The summed E-state index contributed by atoms with van der Waals surface area (Å²) in [7, 11) is 0. The van der Waals surface area contributed by atoms with Crippen molar-refractivity contribution >= 4 is 11.5 Å². The van der Waals surface area contributed by atoms with Gasteiger partial charge < -0.3 is 5.32 Å². The number of anilines is 1. The summed E-state index contributed by atoms with van der Waals surface area (Å²) in [5, 5.41) is 3.43. The first kappa shape index (κ1) is 15.5. The molecule has 0 saturated heterocycles. The number of nitrogens with one attached hydrogen (secondary N) is 1. The molecule has 0 amide bonds. The second kappa shape index (κ2) is 5.60. The number of benzene rings is 1. The summed E-state index contributed by atoms with van der Waals surface area (Å²) < 4.78 is 0.